The van der Waals surface area contributed by atoms with E-state index in [4.69, 9.17) is 5.11 Å². The Bertz CT molecular complexity index is 280. The van der Waals surface area contributed by atoms with Gasteiger partial charge in [0.15, 0.2) is 0 Å². The second-order valence-electron chi connectivity index (χ2n) is 2.14. The second-order valence-corrected chi connectivity index (χ2v) is 2.95. The van der Waals surface area contributed by atoms with Gasteiger partial charge in [-0.3, -0.25) is 0 Å². The Morgan fingerprint density at radius 1 is 1.50 bits per heavy atom. The van der Waals surface area contributed by atoms with Crippen molar-refractivity contribution in [2.75, 3.05) is 0 Å². The smallest absolute Gasteiger partial charge is 0.280 e. The van der Waals surface area contributed by atoms with Gasteiger partial charge in [0.25, 0.3) is 6.43 Å². The monoisotopic (exact) mass is 237 g/mol. The number of hydrogen-bond donors (Lipinski definition) is 1. The van der Waals surface area contributed by atoms with E-state index in [2.05, 4.69) is 20.9 Å². The summed E-state index contributed by atoms with van der Waals surface area (Å²) in [5.74, 6) is 0. The number of aliphatic hydroxyl groups is 1. The van der Waals surface area contributed by atoms with Crippen LogP contribution in [0.15, 0.2) is 16.7 Å². The Hall–Kier alpha value is -0.550. The predicted octanol–water partition coefficient (Wildman–Crippen LogP) is 2.27. The van der Waals surface area contributed by atoms with Crippen LogP contribution in [-0.4, -0.2) is 10.1 Å². The van der Waals surface area contributed by atoms with E-state index >= 15 is 0 Å². The van der Waals surface area contributed by atoms with Crippen molar-refractivity contribution in [3.63, 3.8) is 0 Å². The van der Waals surface area contributed by atoms with Crippen molar-refractivity contribution in [1.82, 2.24) is 4.98 Å². The van der Waals surface area contributed by atoms with Crippen molar-refractivity contribution in [2.24, 2.45) is 0 Å². The highest BCUT2D eigenvalue weighted by atomic mass is 79.9. The molecule has 0 amide bonds. The molecule has 0 aliphatic rings. The van der Waals surface area contributed by atoms with Gasteiger partial charge < -0.3 is 5.11 Å². The highest BCUT2D eigenvalue weighted by molar-refractivity contribution is 9.10. The van der Waals surface area contributed by atoms with Crippen LogP contribution in [0.25, 0.3) is 0 Å². The Labute approximate surface area is 76.4 Å². The predicted molar refractivity (Wildman–Crippen MR) is 42.8 cm³/mol. The number of alkyl halides is 2. The van der Waals surface area contributed by atoms with Crippen LogP contribution in [-0.2, 0) is 6.61 Å². The molecule has 2 nitrogen and oxygen atoms in total. The van der Waals surface area contributed by atoms with Crippen LogP contribution in [0.1, 0.15) is 17.7 Å². The second kappa shape index (κ2) is 3.91. The van der Waals surface area contributed by atoms with Crippen LogP contribution in [0.5, 0.6) is 0 Å². The molecule has 1 aromatic heterocycles. The van der Waals surface area contributed by atoms with E-state index in [1.54, 1.807) is 0 Å². The molecule has 0 atom stereocenters. The lowest BCUT2D eigenvalue weighted by Crippen LogP contribution is -1.98. The van der Waals surface area contributed by atoms with E-state index in [0.717, 1.165) is 0 Å². The normalized spacial score (nSPS) is 10.8. The number of aromatic nitrogens is 1. The summed E-state index contributed by atoms with van der Waals surface area (Å²) in [6, 6.07) is 2.93. The molecule has 0 fully saturated rings. The van der Waals surface area contributed by atoms with Crippen molar-refractivity contribution in [3.05, 3.63) is 28.0 Å². The van der Waals surface area contributed by atoms with E-state index in [0.29, 0.717) is 4.60 Å². The molecular weight excluding hydrogens is 232 g/mol. The van der Waals surface area contributed by atoms with E-state index in [9.17, 15) is 8.78 Å². The molecule has 0 spiro atoms. The van der Waals surface area contributed by atoms with E-state index in [-0.39, 0.29) is 11.3 Å². The number of pyridine rings is 1. The minimum atomic E-state index is -2.65. The standard InChI is InChI=1S/C7H6BrF2NO/c8-5-2-1-4(3-12)6(11-5)7(9)10/h1-2,7,12H,3H2. The van der Waals surface area contributed by atoms with Gasteiger partial charge in [-0.2, -0.15) is 0 Å². The average molecular weight is 238 g/mol. The van der Waals surface area contributed by atoms with Crippen LogP contribution in [0.2, 0.25) is 0 Å². The SMILES string of the molecule is OCc1ccc(Br)nc1C(F)F. The van der Waals surface area contributed by atoms with Gasteiger partial charge in [-0.15, -0.1) is 0 Å². The molecule has 0 radical (unpaired) electrons. The molecule has 5 heteroatoms. The lowest BCUT2D eigenvalue weighted by atomic mass is 10.2. The zero-order valence-corrected chi connectivity index (χ0v) is 7.55. The van der Waals surface area contributed by atoms with Gasteiger partial charge in [-0.25, -0.2) is 13.8 Å². The van der Waals surface area contributed by atoms with Crippen molar-refractivity contribution < 1.29 is 13.9 Å². The Morgan fingerprint density at radius 2 is 2.17 bits per heavy atom. The third-order valence-corrected chi connectivity index (χ3v) is 1.80. The minimum absolute atomic E-state index is 0.160. The first-order chi connectivity index (χ1) is 5.65. The van der Waals surface area contributed by atoms with Gasteiger partial charge in [-0.05, 0) is 22.0 Å². The van der Waals surface area contributed by atoms with Crippen molar-refractivity contribution in [1.29, 1.82) is 0 Å². The molecule has 0 aliphatic carbocycles. The summed E-state index contributed by atoms with van der Waals surface area (Å²) in [6.07, 6.45) is -2.65. The Kier molecular flexibility index (Phi) is 3.11. The Balaban J connectivity index is 3.12. The Morgan fingerprint density at radius 3 is 2.67 bits per heavy atom. The zero-order chi connectivity index (χ0) is 9.14. The van der Waals surface area contributed by atoms with Crippen molar-refractivity contribution >= 4 is 15.9 Å². The maximum atomic E-state index is 12.2. The molecule has 0 unspecified atom stereocenters. The van der Waals surface area contributed by atoms with Gasteiger partial charge in [0.05, 0.1) is 6.61 Å². The summed E-state index contributed by atoms with van der Waals surface area (Å²) in [5.41, 5.74) is -0.208. The highest BCUT2D eigenvalue weighted by Crippen LogP contribution is 2.22. The molecule has 0 saturated heterocycles. The third kappa shape index (κ3) is 1.98. The molecule has 66 valence electrons. The summed E-state index contributed by atoms with van der Waals surface area (Å²) in [4.78, 5) is 3.55. The van der Waals surface area contributed by atoms with Crippen LogP contribution in [0, 0.1) is 0 Å². The largest absolute Gasteiger partial charge is 0.392 e. The first-order valence-corrected chi connectivity index (χ1v) is 3.98. The summed E-state index contributed by atoms with van der Waals surface area (Å²) < 4.78 is 24.7. The molecule has 1 rings (SSSR count). The molecule has 0 bridgehead atoms. The van der Waals surface area contributed by atoms with Crippen LogP contribution in [0.4, 0.5) is 8.78 Å². The minimum Gasteiger partial charge on any atom is -0.392 e. The molecule has 0 aromatic carbocycles. The zero-order valence-electron chi connectivity index (χ0n) is 5.97. The maximum absolute atomic E-state index is 12.2. The molecule has 1 N–H and O–H groups in total. The van der Waals surface area contributed by atoms with E-state index in [1.807, 2.05) is 0 Å². The lowest BCUT2D eigenvalue weighted by molar-refractivity contribution is 0.141. The highest BCUT2D eigenvalue weighted by Gasteiger charge is 2.14. The topological polar surface area (TPSA) is 33.1 Å². The summed E-state index contributed by atoms with van der Waals surface area (Å²) in [7, 11) is 0. The number of halogens is 3. The van der Waals surface area contributed by atoms with Crippen molar-refractivity contribution in [3.8, 4) is 0 Å². The van der Waals surface area contributed by atoms with Gasteiger partial charge in [0.2, 0.25) is 0 Å². The fourth-order valence-corrected chi connectivity index (χ4v) is 1.12. The van der Waals surface area contributed by atoms with Crippen molar-refractivity contribution in [2.45, 2.75) is 13.0 Å². The maximum Gasteiger partial charge on any atom is 0.280 e. The third-order valence-electron chi connectivity index (χ3n) is 1.36. The van der Waals surface area contributed by atoms with Crippen LogP contribution >= 0.6 is 15.9 Å². The number of hydrogen-bond acceptors (Lipinski definition) is 2. The molecule has 1 aromatic rings. The molecule has 0 saturated carbocycles. The molecular formula is C7H6BrF2NO. The van der Waals surface area contributed by atoms with Crippen LogP contribution < -0.4 is 0 Å². The molecule has 0 aliphatic heterocycles. The first kappa shape index (κ1) is 9.54. The lowest BCUT2D eigenvalue weighted by Gasteiger charge is -2.04. The van der Waals surface area contributed by atoms with Gasteiger partial charge in [0, 0.05) is 5.56 Å². The first-order valence-electron chi connectivity index (χ1n) is 3.19. The van der Waals surface area contributed by atoms with Gasteiger partial charge in [-0.1, -0.05) is 6.07 Å². The summed E-state index contributed by atoms with van der Waals surface area (Å²) >= 11 is 2.97. The average Bonchev–Trinajstić information content (AvgIpc) is 2.04. The van der Waals surface area contributed by atoms with E-state index in [1.165, 1.54) is 12.1 Å². The molecule has 1 heterocycles. The summed E-state index contributed by atoms with van der Waals surface area (Å²) in [5, 5.41) is 8.67. The number of aliphatic hydroxyl groups excluding tert-OH is 1. The number of rotatable bonds is 2. The fourth-order valence-electron chi connectivity index (χ4n) is 0.802. The quantitative estimate of drug-likeness (QED) is 0.801. The number of nitrogens with zero attached hydrogens (tertiary/aromatic N) is 1. The van der Waals surface area contributed by atoms with E-state index < -0.39 is 13.0 Å². The summed E-state index contributed by atoms with van der Waals surface area (Å²) in [6.45, 7) is -0.417. The van der Waals surface area contributed by atoms with Crippen LogP contribution in [0.3, 0.4) is 0 Å². The fraction of sp³-hybridized carbons (Fsp3) is 0.286. The molecule has 12 heavy (non-hydrogen) atoms. The van der Waals surface area contributed by atoms with Gasteiger partial charge >= 0.3 is 0 Å². The van der Waals surface area contributed by atoms with Gasteiger partial charge in [0.1, 0.15) is 10.3 Å².